The van der Waals surface area contributed by atoms with Gasteiger partial charge in [-0.05, 0) is 50.3 Å². The van der Waals surface area contributed by atoms with Crippen molar-refractivity contribution in [2.45, 2.75) is 123 Å². The molecule has 1 rings (SSSR count). The molecule has 9 nitrogen and oxygen atoms in total. The van der Waals surface area contributed by atoms with Crippen LogP contribution in [-0.2, 0) is 30.3 Å². The van der Waals surface area contributed by atoms with Gasteiger partial charge in [-0.2, -0.15) is 0 Å². The van der Waals surface area contributed by atoms with Gasteiger partial charge in [-0.3, -0.25) is 19.2 Å². The fourth-order valence-electron chi connectivity index (χ4n) is 3.86. The Hall–Kier alpha value is -2.94. The Morgan fingerprint density at radius 2 is 1.28 bits per heavy atom. The number of hydrogen-bond acceptors (Lipinski definition) is 8. The first kappa shape index (κ1) is 34.1. The Balaban J connectivity index is 2.90. The van der Waals surface area contributed by atoms with Crippen molar-refractivity contribution < 1.29 is 38.5 Å². The molecule has 0 saturated carbocycles. The molecular formula is C30H47NO8. The van der Waals surface area contributed by atoms with E-state index in [1.807, 2.05) is 13.8 Å². The Morgan fingerprint density at radius 1 is 0.769 bits per heavy atom. The summed E-state index contributed by atoms with van der Waals surface area (Å²) in [6.07, 6.45) is 8.29. The van der Waals surface area contributed by atoms with Crippen LogP contribution in [0.15, 0.2) is 18.2 Å². The number of carbonyl (C=O) groups excluding carboxylic acids is 3. The summed E-state index contributed by atoms with van der Waals surface area (Å²) in [4.78, 5) is 48.6. The van der Waals surface area contributed by atoms with Crippen LogP contribution in [0.1, 0.15) is 110 Å². The van der Waals surface area contributed by atoms with Crippen LogP contribution in [0.2, 0.25) is 0 Å². The Kier molecular flexibility index (Phi) is 17.5. The average Bonchev–Trinajstić information content (AvgIpc) is 2.88. The van der Waals surface area contributed by atoms with Crippen molar-refractivity contribution in [1.82, 2.24) is 5.32 Å². The number of benzene rings is 1. The van der Waals surface area contributed by atoms with Gasteiger partial charge in [0.1, 0.15) is 12.1 Å². The molecule has 0 aliphatic rings. The molecule has 220 valence electrons. The fourth-order valence-corrected chi connectivity index (χ4v) is 3.86. The van der Waals surface area contributed by atoms with Gasteiger partial charge in [0.05, 0.1) is 0 Å². The number of rotatable bonds is 21. The van der Waals surface area contributed by atoms with Crippen LogP contribution in [0.3, 0.4) is 0 Å². The number of carbonyl (C=O) groups is 4. The maximum Gasteiger partial charge on any atom is 0.321 e. The van der Waals surface area contributed by atoms with E-state index >= 15 is 0 Å². The molecule has 2 atom stereocenters. The standard InChI is InChI=1S/C30H47NO8/c1-5-8-11-14-27(32)37-22(4)21-31-24(30(35)36)19-23-17-18-25(38-28(33)15-12-9-6-2)26(20-23)39-29(34)16-13-10-7-3/h17-18,20,22,24,31H,5-16,19,21H2,1-4H3,(H,35,36)/t22?,24-/m0/s1. The van der Waals surface area contributed by atoms with E-state index in [2.05, 4.69) is 12.2 Å². The number of hydrogen-bond donors (Lipinski definition) is 2. The third-order valence-electron chi connectivity index (χ3n) is 6.13. The molecule has 0 aliphatic carbocycles. The Labute approximate surface area is 233 Å². The highest BCUT2D eigenvalue weighted by atomic mass is 16.6. The lowest BCUT2D eigenvalue weighted by molar-refractivity contribution is -0.148. The molecule has 1 aromatic rings. The molecule has 0 radical (unpaired) electrons. The van der Waals surface area contributed by atoms with Crippen LogP contribution in [0, 0.1) is 0 Å². The zero-order chi connectivity index (χ0) is 29.0. The number of ether oxygens (including phenoxy) is 3. The average molecular weight is 550 g/mol. The van der Waals surface area contributed by atoms with Crippen LogP contribution in [0.25, 0.3) is 0 Å². The predicted molar refractivity (Wildman–Crippen MR) is 149 cm³/mol. The fraction of sp³-hybridized carbons (Fsp3) is 0.667. The smallest absolute Gasteiger partial charge is 0.321 e. The third kappa shape index (κ3) is 15.3. The molecule has 1 unspecified atom stereocenters. The van der Waals surface area contributed by atoms with Crippen LogP contribution >= 0.6 is 0 Å². The maximum atomic E-state index is 12.4. The van der Waals surface area contributed by atoms with E-state index in [1.54, 1.807) is 19.1 Å². The summed E-state index contributed by atoms with van der Waals surface area (Å²) in [5.41, 5.74) is 0.584. The van der Waals surface area contributed by atoms with Crippen molar-refractivity contribution in [3.63, 3.8) is 0 Å². The minimum atomic E-state index is -1.07. The largest absolute Gasteiger partial charge is 0.480 e. The Bertz CT molecular complexity index is 901. The molecule has 0 saturated heterocycles. The zero-order valence-corrected chi connectivity index (χ0v) is 24.1. The van der Waals surface area contributed by atoms with Gasteiger partial charge in [0.2, 0.25) is 0 Å². The van der Waals surface area contributed by atoms with Gasteiger partial charge < -0.3 is 24.6 Å². The molecule has 0 spiro atoms. The van der Waals surface area contributed by atoms with Gasteiger partial charge in [0.15, 0.2) is 11.5 Å². The summed E-state index contributed by atoms with van der Waals surface area (Å²) in [5, 5.41) is 12.7. The number of esters is 3. The number of unbranched alkanes of at least 4 members (excludes halogenated alkanes) is 6. The van der Waals surface area contributed by atoms with Crippen molar-refractivity contribution in [2.75, 3.05) is 6.54 Å². The van der Waals surface area contributed by atoms with Crippen molar-refractivity contribution >= 4 is 23.9 Å². The van der Waals surface area contributed by atoms with Gasteiger partial charge in [-0.15, -0.1) is 0 Å². The van der Waals surface area contributed by atoms with Gasteiger partial charge in [0.25, 0.3) is 0 Å². The van der Waals surface area contributed by atoms with Gasteiger partial charge in [-0.25, -0.2) is 0 Å². The molecule has 1 aromatic carbocycles. The molecule has 0 heterocycles. The zero-order valence-electron chi connectivity index (χ0n) is 24.1. The molecular weight excluding hydrogens is 502 g/mol. The van der Waals surface area contributed by atoms with Gasteiger partial charge in [-0.1, -0.05) is 65.4 Å². The highest BCUT2D eigenvalue weighted by molar-refractivity contribution is 5.77. The lowest BCUT2D eigenvalue weighted by Crippen LogP contribution is -2.42. The van der Waals surface area contributed by atoms with Crippen molar-refractivity contribution in [3.05, 3.63) is 23.8 Å². The minimum Gasteiger partial charge on any atom is -0.480 e. The SMILES string of the molecule is CCCCCC(=O)Oc1ccc(C[C@H](NCC(C)OC(=O)CCCCC)C(=O)O)cc1OC(=O)CCCCC. The number of carboxylic acids is 1. The lowest BCUT2D eigenvalue weighted by Gasteiger charge is -2.19. The minimum absolute atomic E-state index is 0.0810. The summed E-state index contributed by atoms with van der Waals surface area (Å²) >= 11 is 0. The van der Waals surface area contributed by atoms with E-state index in [0.717, 1.165) is 44.9 Å². The van der Waals surface area contributed by atoms with Gasteiger partial charge >= 0.3 is 23.9 Å². The van der Waals surface area contributed by atoms with E-state index in [9.17, 15) is 24.3 Å². The number of nitrogens with one attached hydrogen (secondary N) is 1. The van der Waals surface area contributed by atoms with E-state index < -0.39 is 30.1 Å². The number of carboxylic acid groups (broad SMARTS) is 1. The molecule has 2 N–H and O–H groups in total. The highest BCUT2D eigenvalue weighted by Crippen LogP contribution is 2.30. The van der Waals surface area contributed by atoms with Crippen LogP contribution in [0.5, 0.6) is 11.5 Å². The maximum absolute atomic E-state index is 12.4. The van der Waals surface area contributed by atoms with Crippen LogP contribution in [0.4, 0.5) is 0 Å². The van der Waals surface area contributed by atoms with E-state index in [-0.39, 0.29) is 43.3 Å². The summed E-state index contributed by atoms with van der Waals surface area (Å²) in [6.45, 7) is 8.02. The van der Waals surface area contributed by atoms with Crippen molar-refractivity contribution in [2.24, 2.45) is 0 Å². The first-order valence-electron chi connectivity index (χ1n) is 14.4. The number of aliphatic carboxylic acids is 1. The Morgan fingerprint density at radius 3 is 1.79 bits per heavy atom. The monoisotopic (exact) mass is 549 g/mol. The van der Waals surface area contributed by atoms with E-state index in [0.29, 0.717) is 24.8 Å². The molecule has 0 aromatic heterocycles. The van der Waals surface area contributed by atoms with E-state index in [1.165, 1.54) is 6.07 Å². The first-order valence-corrected chi connectivity index (χ1v) is 14.4. The quantitative estimate of drug-likeness (QED) is 0.112. The second kappa shape index (κ2) is 20.0. The summed E-state index contributed by atoms with van der Waals surface area (Å²) in [7, 11) is 0. The third-order valence-corrected chi connectivity index (χ3v) is 6.13. The summed E-state index contributed by atoms with van der Waals surface area (Å²) < 4.78 is 16.4. The second-order valence-corrected chi connectivity index (χ2v) is 9.90. The summed E-state index contributed by atoms with van der Waals surface area (Å²) in [6, 6.07) is 3.75. The molecule has 0 bridgehead atoms. The van der Waals surface area contributed by atoms with Crippen molar-refractivity contribution in [3.8, 4) is 11.5 Å². The summed E-state index contributed by atoms with van der Waals surface area (Å²) in [5.74, 6) is -1.99. The predicted octanol–water partition coefficient (Wildman–Crippen LogP) is 5.76. The van der Waals surface area contributed by atoms with Gasteiger partial charge in [0, 0.05) is 25.8 Å². The topological polar surface area (TPSA) is 128 Å². The highest BCUT2D eigenvalue weighted by Gasteiger charge is 2.22. The first-order chi connectivity index (χ1) is 18.7. The van der Waals surface area contributed by atoms with Crippen molar-refractivity contribution in [1.29, 1.82) is 0 Å². The lowest BCUT2D eigenvalue weighted by atomic mass is 10.0. The normalized spacial score (nSPS) is 12.4. The van der Waals surface area contributed by atoms with Crippen LogP contribution in [-0.4, -0.2) is 47.7 Å². The molecule has 0 aliphatic heterocycles. The van der Waals surface area contributed by atoms with Crippen LogP contribution < -0.4 is 14.8 Å². The molecule has 39 heavy (non-hydrogen) atoms. The molecule has 9 heteroatoms. The molecule has 0 amide bonds. The van der Waals surface area contributed by atoms with E-state index in [4.69, 9.17) is 14.2 Å². The second-order valence-electron chi connectivity index (χ2n) is 9.90. The molecule has 0 fully saturated rings.